The van der Waals surface area contributed by atoms with E-state index < -0.39 is 0 Å². The van der Waals surface area contributed by atoms with Gasteiger partial charge in [-0.25, -0.2) is 4.98 Å². The molecule has 90 valence electrons. The number of aryl methyl sites for hydroxylation is 1. The molecule has 5 nitrogen and oxygen atoms in total. The zero-order chi connectivity index (χ0) is 12.5. The van der Waals surface area contributed by atoms with E-state index in [4.69, 9.17) is 0 Å². The van der Waals surface area contributed by atoms with Gasteiger partial charge in [0.25, 0.3) is 5.91 Å². The lowest BCUT2D eigenvalue weighted by atomic mass is 10.4. The fraction of sp³-hybridized carbons (Fsp3) is 0.0909. The Morgan fingerprint density at radius 3 is 3.11 bits per heavy atom. The van der Waals surface area contributed by atoms with Crippen molar-refractivity contribution in [3.05, 3.63) is 35.1 Å². The lowest BCUT2D eigenvalue weighted by molar-refractivity contribution is 0.102. The lowest BCUT2D eigenvalue weighted by Gasteiger charge is -1.95. The van der Waals surface area contributed by atoms with Crippen molar-refractivity contribution in [3.63, 3.8) is 0 Å². The van der Waals surface area contributed by atoms with Gasteiger partial charge in [0.2, 0.25) is 0 Å². The molecular formula is C11H8N4OS2. The van der Waals surface area contributed by atoms with Crippen LogP contribution in [0.1, 0.15) is 16.2 Å². The van der Waals surface area contributed by atoms with Gasteiger partial charge >= 0.3 is 0 Å². The Bertz CT molecular complexity index is 705. The highest BCUT2D eigenvalue weighted by molar-refractivity contribution is 7.22. The minimum Gasteiger partial charge on any atom is -0.296 e. The summed E-state index contributed by atoms with van der Waals surface area (Å²) in [7, 11) is 0. The number of rotatable bonds is 2. The second-order valence-corrected chi connectivity index (χ2v) is 5.35. The van der Waals surface area contributed by atoms with E-state index in [0.29, 0.717) is 10.8 Å². The molecule has 18 heavy (non-hydrogen) atoms. The summed E-state index contributed by atoms with van der Waals surface area (Å²) in [4.78, 5) is 20.3. The van der Waals surface area contributed by atoms with Gasteiger partial charge in [0, 0.05) is 11.1 Å². The number of fused-ring (bicyclic) bond motifs is 1. The summed E-state index contributed by atoms with van der Waals surface area (Å²) in [6, 6.07) is 3.63. The first-order chi connectivity index (χ1) is 8.72. The number of hydrogen-bond acceptors (Lipinski definition) is 6. The van der Waals surface area contributed by atoms with Crippen LogP contribution in [0.15, 0.2) is 23.7 Å². The maximum absolute atomic E-state index is 11.8. The van der Waals surface area contributed by atoms with Gasteiger partial charge < -0.3 is 0 Å². The number of thiazole rings is 1. The van der Waals surface area contributed by atoms with Crippen LogP contribution in [0.2, 0.25) is 0 Å². The largest absolute Gasteiger partial charge is 0.296 e. The van der Waals surface area contributed by atoms with Crippen LogP contribution in [0.25, 0.3) is 10.2 Å². The zero-order valence-corrected chi connectivity index (χ0v) is 11.0. The van der Waals surface area contributed by atoms with Crippen LogP contribution < -0.4 is 5.32 Å². The van der Waals surface area contributed by atoms with Gasteiger partial charge in [0.15, 0.2) is 5.13 Å². The van der Waals surface area contributed by atoms with E-state index in [0.717, 1.165) is 15.9 Å². The van der Waals surface area contributed by atoms with E-state index in [2.05, 4.69) is 19.7 Å². The van der Waals surface area contributed by atoms with Crippen LogP contribution in [0, 0.1) is 6.92 Å². The van der Waals surface area contributed by atoms with Crippen molar-refractivity contribution in [1.82, 2.24) is 14.3 Å². The van der Waals surface area contributed by atoms with E-state index in [1.54, 1.807) is 17.6 Å². The highest BCUT2D eigenvalue weighted by atomic mass is 32.1. The number of aromatic nitrogens is 3. The maximum Gasteiger partial charge on any atom is 0.277 e. The summed E-state index contributed by atoms with van der Waals surface area (Å²) < 4.78 is 4.98. The van der Waals surface area contributed by atoms with Gasteiger partial charge in [0.1, 0.15) is 11.2 Å². The molecule has 0 saturated heterocycles. The highest BCUT2D eigenvalue weighted by Gasteiger charge is 2.11. The molecule has 3 rings (SSSR count). The number of pyridine rings is 1. The predicted molar refractivity (Wildman–Crippen MR) is 72.2 cm³/mol. The number of amides is 1. The predicted octanol–water partition coefficient (Wildman–Crippen LogP) is 2.71. The average Bonchev–Trinajstić information content (AvgIpc) is 2.95. The van der Waals surface area contributed by atoms with Gasteiger partial charge in [-0.15, -0.1) is 0 Å². The first kappa shape index (κ1) is 11.2. The minimum absolute atomic E-state index is 0.236. The molecule has 0 spiro atoms. The minimum atomic E-state index is -0.236. The molecule has 0 saturated carbocycles. The third kappa shape index (κ3) is 2.09. The van der Waals surface area contributed by atoms with Crippen LogP contribution in [0.5, 0.6) is 0 Å². The van der Waals surface area contributed by atoms with Gasteiger partial charge in [-0.1, -0.05) is 11.3 Å². The van der Waals surface area contributed by atoms with Crippen LogP contribution >= 0.6 is 22.9 Å². The van der Waals surface area contributed by atoms with Gasteiger partial charge in [-0.2, -0.15) is 4.37 Å². The van der Waals surface area contributed by atoms with E-state index in [1.807, 2.05) is 13.0 Å². The van der Waals surface area contributed by atoms with Crippen LogP contribution in [-0.4, -0.2) is 20.2 Å². The second-order valence-electron chi connectivity index (χ2n) is 3.65. The molecule has 3 heterocycles. The second kappa shape index (κ2) is 4.43. The molecule has 0 aliphatic rings. The zero-order valence-electron chi connectivity index (χ0n) is 9.38. The highest BCUT2D eigenvalue weighted by Crippen LogP contribution is 2.25. The molecular weight excluding hydrogens is 268 g/mol. The molecule has 0 bridgehead atoms. The van der Waals surface area contributed by atoms with E-state index in [1.165, 1.54) is 22.9 Å². The van der Waals surface area contributed by atoms with Crippen molar-refractivity contribution in [2.45, 2.75) is 6.92 Å². The SMILES string of the molecule is Cc1cc2sc(NC(=O)c3ccsn3)nc2cn1. The Labute approximate surface area is 111 Å². The summed E-state index contributed by atoms with van der Waals surface area (Å²) in [5, 5.41) is 5.07. The average molecular weight is 276 g/mol. The van der Waals surface area contributed by atoms with Crippen LogP contribution in [0.4, 0.5) is 5.13 Å². The molecule has 3 aromatic rings. The van der Waals surface area contributed by atoms with Gasteiger partial charge in [-0.3, -0.25) is 15.1 Å². The number of hydrogen-bond donors (Lipinski definition) is 1. The molecule has 0 atom stereocenters. The Kier molecular flexibility index (Phi) is 2.77. The van der Waals surface area contributed by atoms with Gasteiger partial charge in [-0.05, 0) is 30.6 Å². The molecule has 3 aromatic heterocycles. The third-order valence-corrected chi connectivity index (χ3v) is 3.80. The van der Waals surface area contributed by atoms with Crippen LogP contribution in [-0.2, 0) is 0 Å². The summed E-state index contributed by atoms with van der Waals surface area (Å²) in [5.41, 5.74) is 2.14. The molecule has 1 N–H and O–H groups in total. The van der Waals surface area contributed by atoms with Gasteiger partial charge in [0.05, 0.1) is 10.9 Å². The van der Waals surface area contributed by atoms with E-state index in [9.17, 15) is 4.79 Å². The number of carbonyl (C=O) groups excluding carboxylic acids is 1. The lowest BCUT2D eigenvalue weighted by Crippen LogP contribution is -2.11. The molecule has 1 amide bonds. The fourth-order valence-electron chi connectivity index (χ4n) is 1.47. The molecule has 0 aromatic carbocycles. The summed E-state index contributed by atoms with van der Waals surface area (Å²) >= 11 is 2.68. The Hall–Kier alpha value is -1.86. The summed E-state index contributed by atoms with van der Waals surface area (Å²) in [6.07, 6.45) is 1.71. The van der Waals surface area contributed by atoms with Crippen molar-refractivity contribution in [3.8, 4) is 0 Å². The van der Waals surface area contributed by atoms with Crippen molar-refractivity contribution >= 4 is 44.1 Å². The molecule has 7 heteroatoms. The number of carbonyl (C=O) groups is 1. The molecule has 0 unspecified atom stereocenters. The first-order valence-corrected chi connectivity index (χ1v) is 6.82. The quantitative estimate of drug-likeness (QED) is 0.781. The maximum atomic E-state index is 11.8. The molecule has 0 aliphatic carbocycles. The van der Waals surface area contributed by atoms with E-state index >= 15 is 0 Å². The van der Waals surface area contributed by atoms with Crippen molar-refractivity contribution in [1.29, 1.82) is 0 Å². The first-order valence-electron chi connectivity index (χ1n) is 5.17. The smallest absolute Gasteiger partial charge is 0.277 e. The van der Waals surface area contributed by atoms with Crippen molar-refractivity contribution in [2.75, 3.05) is 5.32 Å². The summed E-state index contributed by atoms with van der Waals surface area (Å²) in [5.74, 6) is -0.236. The summed E-state index contributed by atoms with van der Waals surface area (Å²) in [6.45, 7) is 1.92. The molecule has 0 fully saturated rings. The Balaban J connectivity index is 1.89. The number of nitrogens with zero attached hydrogens (tertiary/aromatic N) is 3. The van der Waals surface area contributed by atoms with Crippen molar-refractivity contribution in [2.24, 2.45) is 0 Å². The fourth-order valence-corrected chi connectivity index (χ4v) is 2.91. The number of anilines is 1. The normalized spacial score (nSPS) is 10.7. The standard InChI is InChI=1S/C11H8N4OS2/c1-6-4-9-8(5-12-6)13-11(18-9)14-10(16)7-2-3-17-15-7/h2-5H,1H3,(H,13,14,16). The monoisotopic (exact) mass is 276 g/mol. The van der Waals surface area contributed by atoms with Crippen LogP contribution in [0.3, 0.4) is 0 Å². The Morgan fingerprint density at radius 2 is 2.33 bits per heavy atom. The number of nitrogens with one attached hydrogen (secondary N) is 1. The third-order valence-electron chi connectivity index (χ3n) is 2.30. The topological polar surface area (TPSA) is 67.8 Å². The molecule has 0 aliphatic heterocycles. The van der Waals surface area contributed by atoms with Crippen molar-refractivity contribution < 1.29 is 4.79 Å². The Morgan fingerprint density at radius 1 is 1.44 bits per heavy atom. The van der Waals surface area contributed by atoms with E-state index in [-0.39, 0.29) is 5.91 Å². The molecule has 0 radical (unpaired) electrons.